The Balaban J connectivity index is 2.48. The van der Waals surface area contributed by atoms with Gasteiger partial charge in [0.15, 0.2) is 0 Å². The molecule has 0 aliphatic carbocycles. The molecule has 90 valence electrons. The molecule has 1 rings (SSSR count). The lowest BCUT2D eigenvalue weighted by atomic mass is 10.2. The molecule has 0 aliphatic heterocycles. The molecule has 0 saturated heterocycles. The van der Waals surface area contributed by atoms with E-state index >= 15 is 0 Å². The minimum atomic E-state index is 0.531. The van der Waals surface area contributed by atoms with Crippen molar-refractivity contribution in [3.63, 3.8) is 0 Å². The van der Waals surface area contributed by atoms with E-state index in [1.807, 2.05) is 19.1 Å². The molecule has 0 fully saturated rings. The molecule has 16 heavy (non-hydrogen) atoms. The number of pyridine rings is 1. The molecule has 4 heteroatoms. The van der Waals surface area contributed by atoms with E-state index in [0.29, 0.717) is 6.54 Å². The number of anilines is 1. The van der Waals surface area contributed by atoms with Crippen molar-refractivity contribution in [3.05, 3.63) is 23.4 Å². The van der Waals surface area contributed by atoms with Crippen LogP contribution in [-0.4, -0.2) is 37.1 Å². The zero-order chi connectivity index (χ0) is 12.0. The highest BCUT2D eigenvalue weighted by Gasteiger charge is 2.02. The lowest BCUT2D eigenvalue weighted by Crippen LogP contribution is -2.17. The maximum atomic E-state index is 5.66. The standard InChI is InChI=1S/C12H22N4/c1-10-5-6-11(9-13)12(15-10)14-7-4-8-16(2)3/h5-6H,4,7-9,13H2,1-3H3,(H,14,15). The van der Waals surface area contributed by atoms with Crippen molar-refractivity contribution in [1.29, 1.82) is 0 Å². The summed E-state index contributed by atoms with van der Waals surface area (Å²) in [7, 11) is 4.16. The predicted molar refractivity (Wildman–Crippen MR) is 68.5 cm³/mol. The van der Waals surface area contributed by atoms with Crippen LogP contribution in [0.25, 0.3) is 0 Å². The van der Waals surface area contributed by atoms with Gasteiger partial charge in [0.25, 0.3) is 0 Å². The molecule has 0 radical (unpaired) electrons. The predicted octanol–water partition coefficient (Wildman–Crippen LogP) is 1.21. The van der Waals surface area contributed by atoms with Crippen LogP contribution in [-0.2, 0) is 6.54 Å². The van der Waals surface area contributed by atoms with Crippen LogP contribution in [0, 0.1) is 6.92 Å². The number of nitrogens with two attached hydrogens (primary N) is 1. The van der Waals surface area contributed by atoms with Crippen LogP contribution in [0.4, 0.5) is 5.82 Å². The van der Waals surface area contributed by atoms with Gasteiger partial charge in [-0.2, -0.15) is 0 Å². The van der Waals surface area contributed by atoms with Crippen molar-refractivity contribution < 1.29 is 0 Å². The second kappa shape index (κ2) is 6.45. The molecule has 0 bridgehead atoms. The van der Waals surface area contributed by atoms with Gasteiger partial charge in [-0.05, 0) is 40.1 Å². The highest BCUT2D eigenvalue weighted by molar-refractivity contribution is 5.44. The monoisotopic (exact) mass is 222 g/mol. The summed E-state index contributed by atoms with van der Waals surface area (Å²) in [6, 6.07) is 4.03. The van der Waals surface area contributed by atoms with Crippen LogP contribution in [0.5, 0.6) is 0 Å². The van der Waals surface area contributed by atoms with Crippen molar-refractivity contribution in [1.82, 2.24) is 9.88 Å². The lowest BCUT2D eigenvalue weighted by Gasteiger charge is -2.12. The molecular formula is C12H22N4. The third-order valence-electron chi connectivity index (χ3n) is 2.41. The Kier molecular flexibility index (Phi) is 5.22. The summed E-state index contributed by atoms with van der Waals surface area (Å²) >= 11 is 0. The highest BCUT2D eigenvalue weighted by Crippen LogP contribution is 2.12. The van der Waals surface area contributed by atoms with E-state index in [9.17, 15) is 0 Å². The number of hydrogen-bond acceptors (Lipinski definition) is 4. The third kappa shape index (κ3) is 4.16. The largest absolute Gasteiger partial charge is 0.370 e. The van der Waals surface area contributed by atoms with Crippen LogP contribution in [0.1, 0.15) is 17.7 Å². The number of hydrogen-bond donors (Lipinski definition) is 2. The van der Waals surface area contributed by atoms with E-state index in [1.165, 1.54) is 0 Å². The fourth-order valence-electron chi connectivity index (χ4n) is 1.51. The summed E-state index contributed by atoms with van der Waals surface area (Å²) in [5, 5.41) is 3.34. The molecule has 0 atom stereocenters. The smallest absolute Gasteiger partial charge is 0.130 e. The van der Waals surface area contributed by atoms with E-state index in [2.05, 4.69) is 29.3 Å². The minimum absolute atomic E-state index is 0.531. The average molecular weight is 222 g/mol. The van der Waals surface area contributed by atoms with Crippen molar-refractivity contribution in [2.45, 2.75) is 19.9 Å². The van der Waals surface area contributed by atoms with Crippen LogP contribution < -0.4 is 11.1 Å². The molecule has 1 aromatic heterocycles. The average Bonchev–Trinajstić information content (AvgIpc) is 2.24. The van der Waals surface area contributed by atoms with Crippen molar-refractivity contribution in [2.24, 2.45) is 5.73 Å². The van der Waals surface area contributed by atoms with Gasteiger partial charge in [0.05, 0.1) is 0 Å². The first-order valence-corrected chi connectivity index (χ1v) is 5.68. The SMILES string of the molecule is Cc1ccc(CN)c(NCCCN(C)C)n1. The first-order chi connectivity index (χ1) is 7.63. The van der Waals surface area contributed by atoms with Gasteiger partial charge in [0.1, 0.15) is 5.82 Å². The summed E-state index contributed by atoms with van der Waals surface area (Å²) in [5.41, 5.74) is 7.76. The summed E-state index contributed by atoms with van der Waals surface area (Å²) in [4.78, 5) is 6.63. The second-order valence-electron chi connectivity index (χ2n) is 4.25. The molecule has 3 N–H and O–H groups in total. The van der Waals surface area contributed by atoms with Gasteiger partial charge >= 0.3 is 0 Å². The molecule has 0 unspecified atom stereocenters. The third-order valence-corrected chi connectivity index (χ3v) is 2.41. The molecule has 0 aromatic carbocycles. The van der Waals surface area contributed by atoms with Gasteiger partial charge in [-0.15, -0.1) is 0 Å². The zero-order valence-corrected chi connectivity index (χ0v) is 10.5. The molecule has 0 spiro atoms. The lowest BCUT2D eigenvalue weighted by molar-refractivity contribution is 0.405. The molecule has 1 aromatic rings. The Hall–Kier alpha value is -1.13. The van der Waals surface area contributed by atoms with Crippen molar-refractivity contribution >= 4 is 5.82 Å². The normalized spacial score (nSPS) is 10.8. The summed E-state index contributed by atoms with van der Waals surface area (Å²) in [6.45, 7) is 4.53. The van der Waals surface area contributed by atoms with Crippen molar-refractivity contribution in [3.8, 4) is 0 Å². The highest BCUT2D eigenvalue weighted by atomic mass is 15.1. The fourth-order valence-corrected chi connectivity index (χ4v) is 1.51. The summed E-state index contributed by atoms with van der Waals surface area (Å²) < 4.78 is 0. The van der Waals surface area contributed by atoms with E-state index in [0.717, 1.165) is 36.6 Å². The minimum Gasteiger partial charge on any atom is -0.370 e. The zero-order valence-electron chi connectivity index (χ0n) is 10.5. The molecule has 1 heterocycles. The summed E-state index contributed by atoms with van der Waals surface area (Å²) in [5.74, 6) is 0.932. The summed E-state index contributed by atoms with van der Waals surface area (Å²) in [6.07, 6.45) is 1.10. The van der Waals surface area contributed by atoms with Crippen LogP contribution >= 0.6 is 0 Å². The van der Waals surface area contributed by atoms with Crippen LogP contribution in [0.2, 0.25) is 0 Å². The van der Waals surface area contributed by atoms with Gasteiger partial charge in [-0.1, -0.05) is 6.07 Å². The number of aromatic nitrogens is 1. The van der Waals surface area contributed by atoms with Gasteiger partial charge in [-0.3, -0.25) is 0 Å². The van der Waals surface area contributed by atoms with Gasteiger partial charge in [0, 0.05) is 24.3 Å². The molecular weight excluding hydrogens is 200 g/mol. The maximum Gasteiger partial charge on any atom is 0.130 e. The van der Waals surface area contributed by atoms with E-state index < -0.39 is 0 Å². The van der Waals surface area contributed by atoms with Gasteiger partial charge < -0.3 is 16.0 Å². The Labute approximate surface area is 97.9 Å². The van der Waals surface area contributed by atoms with Crippen LogP contribution in [0.15, 0.2) is 12.1 Å². The van der Waals surface area contributed by atoms with Gasteiger partial charge in [-0.25, -0.2) is 4.98 Å². The van der Waals surface area contributed by atoms with Crippen LogP contribution in [0.3, 0.4) is 0 Å². The van der Waals surface area contributed by atoms with Gasteiger partial charge in [0.2, 0.25) is 0 Å². The number of aryl methyl sites for hydroxylation is 1. The topological polar surface area (TPSA) is 54.2 Å². The van der Waals surface area contributed by atoms with Crippen molar-refractivity contribution in [2.75, 3.05) is 32.5 Å². The number of nitrogens with one attached hydrogen (secondary N) is 1. The van der Waals surface area contributed by atoms with E-state index in [-0.39, 0.29) is 0 Å². The molecule has 0 amide bonds. The molecule has 0 aliphatic rings. The second-order valence-corrected chi connectivity index (χ2v) is 4.25. The first-order valence-electron chi connectivity index (χ1n) is 5.68. The first kappa shape index (κ1) is 12.9. The van der Waals surface area contributed by atoms with E-state index in [1.54, 1.807) is 0 Å². The Bertz CT molecular complexity index is 323. The number of rotatable bonds is 6. The fraction of sp³-hybridized carbons (Fsp3) is 0.583. The molecule has 0 saturated carbocycles. The Morgan fingerprint density at radius 3 is 2.75 bits per heavy atom. The van der Waals surface area contributed by atoms with E-state index in [4.69, 9.17) is 5.73 Å². The molecule has 4 nitrogen and oxygen atoms in total. The number of nitrogens with zero attached hydrogens (tertiary/aromatic N) is 2. The quantitative estimate of drug-likeness (QED) is 0.710. The maximum absolute atomic E-state index is 5.66. The Morgan fingerprint density at radius 1 is 1.38 bits per heavy atom. The Morgan fingerprint density at radius 2 is 2.12 bits per heavy atom.